The molecule has 0 atom stereocenters. The van der Waals surface area contributed by atoms with Crippen LogP contribution in [0.25, 0.3) is 0 Å². The molecule has 224 valence electrons. The molecule has 0 amide bonds. The fourth-order valence-electron chi connectivity index (χ4n) is 3.15. The summed E-state index contributed by atoms with van der Waals surface area (Å²) in [5.74, 6) is -28.5. The Labute approximate surface area is 214 Å². The van der Waals surface area contributed by atoms with Crippen LogP contribution in [-0.4, -0.2) is 0 Å². The van der Waals surface area contributed by atoms with Gasteiger partial charge >= 0.3 is 18.5 Å². The number of ether oxygens (including phenoxy) is 2. The molecule has 0 fully saturated rings. The van der Waals surface area contributed by atoms with Gasteiger partial charge in [-0.15, -0.1) is 0 Å². The van der Waals surface area contributed by atoms with Crippen LogP contribution in [-0.2, 0) is 18.5 Å². The topological polar surface area (TPSA) is 70.5 Å². The van der Waals surface area contributed by atoms with Crippen LogP contribution in [0.2, 0.25) is 0 Å². The van der Waals surface area contributed by atoms with Gasteiger partial charge in [-0.1, -0.05) is 0 Å². The summed E-state index contributed by atoms with van der Waals surface area (Å²) < 4.78 is 227. The van der Waals surface area contributed by atoms with E-state index in [1.54, 1.807) is 0 Å². The number of hydrogen-bond donors (Lipinski definition) is 2. The molecule has 0 radical (unpaired) electrons. The molecule has 0 saturated carbocycles. The van der Waals surface area contributed by atoms with Crippen molar-refractivity contribution in [2.24, 2.45) is 0 Å². The Hall–Kier alpha value is -4.26. The first-order valence-corrected chi connectivity index (χ1v) is 9.83. The number of hydrogen-bond acceptors (Lipinski definition) is 4. The van der Waals surface area contributed by atoms with Crippen molar-refractivity contribution in [1.82, 2.24) is 0 Å². The zero-order valence-electron chi connectivity index (χ0n) is 18.7. The lowest BCUT2D eigenvalue weighted by molar-refractivity contribution is -0.143. The molecule has 0 aliphatic heterocycles. The molecular weight excluding hydrogens is 616 g/mol. The van der Waals surface area contributed by atoms with E-state index in [0.29, 0.717) is 0 Å². The van der Waals surface area contributed by atoms with Crippen molar-refractivity contribution >= 4 is 11.4 Å². The van der Waals surface area contributed by atoms with Gasteiger partial charge in [0.15, 0.2) is 46.4 Å². The lowest BCUT2D eigenvalue weighted by Gasteiger charge is -2.20. The van der Waals surface area contributed by atoms with Gasteiger partial charge in [-0.2, -0.15) is 43.9 Å². The summed E-state index contributed by atoms with van der Waals surface area (Å²) in [5.41, 5.74) is -2.94. The molecule has 41 heavy (non-hydrogen) atoms. The molecular formula is C21H6F16N2O2. The summed E-state index contributed by atoms with van der Waals surface area (Å²) >= 11 is 0. The first-order chi connectivity index (χ1) is 18.5. The van der Waals surface area contributed by atoms with E-state index in [2.05, 4.69) is 9.47 Å². The highest BCUT2D eigenvalue weighted by Gasteiger charge is 2.45. The van der Waals surface area contributed by atoms with E-state index in [1.807, 2.05) is 0 Å². The van der Waals surface area contributed by atoms with Gasteiger partial charge in [-0.05, 0) is 12.1 Å². The number of benzene rings is 3. The minimum absolute atomic E-state index is 0.163. The zero-order chi connectivity index (χ0) is 31.6. The summed E-state index contributed by atoms with van der Waals surface area (Å²) in [6.07, 6.45) is -17.7. The van der Waals surface area contributed by atoms with Crippen LogP contribution in [0.15, 0.2) is 12.1 Å². The zero-order valence-corrected chi connectivity index (χ0v) is 18.7. The van der Waals surface area contributed by atoms with Crippen molar-refractivity contribution in [1.29, 1.82) is 0 Å². The Morgan fingerprint density at radius 2 is 0.829 bits per heavy atom. The first-order valence-electron chi connectivity index (χ1n) is 9.83. The second-order valence-corrected chi connectivity index (χ2v) is 7.57. The van der Waals surface area contributed by atoms with Crippen LogP contribution in [0.1, 0.15) is 16.7 Å². The molecule has 0 heterocycles. The second kappa shape index (κ2) is 9.98. The lowest BCUT2D eigenvalue weighted by Crippen LogP contribution is -2.17. The van der Waals surface area contributed by atoms with Gasteiger partial charge in [0.05, 0.1) is 0 Å². The number of nitrogen functional groups attached to an aromatic ring is 2. The van der Waals surface area contributed by atoms with E-state index in [1.165, 1.54) is 0 Å². The van der Waals surface area contributed by atoms with E-state index in [9.17, 15) is 65.9 Å². The average molecular weight is 622 g/mol. The monoisotopic (exact) mass is 622 g/mol. The number of halogens is 16. The summed E-state index contributed by atoms with van der Waals surface area (Å²) in [6.45, 7) is 0. The van der Waals surface area contributed by atoms with E-state index < -0.39 is 110 Å². The van der Waals surface area contributed by atoms with Crippen LogP contribution in [0.4, 0.5) is 81.6 Å². The van der Waals surface area contributed by atoms with Gasteiger partial charge in [-0.25, -0.2) is 26.3 Å². The van der Waals surface area contributed by atoms with Gasteiger partial charge in [0.1, 0.15) is 28.1 Å². The quantitative estimate of drug-likeness (QED) is 0.226. The molecule has 20 heteroatoms. The van der Waals surface area contributed by atoms with Gasteiger partial charge in [0.2, 0.25) is 17.3 Å². The number of rotatable bonds is 4. The van der Waals surface area contributed by atoms with Gasteiger partial charge in [0.25, 0.3) is 0 Å². The van der Waals surface area contributed by atoms with Crippen molar-refractivity contribution in [3.63, 3.8) is 0 Å². The lowest BCUT2D eigenvalue weighted by atomic mass is 10.1. The Morgan fingerprint density at radius 3 is 1.20 bits per heavy atom. The standard InChI is InChI=1S/C21H6F16N2O2/c22-7-4(40-17-10(25)5(20(32,33)34)8(23)14(38)12(17)27)2-1-3(19(29,30)31)16(7)41-18-11(26)6(21(35,36)37)9(24)15(39)13(18)28/h1-2H,38-39H2. The Morgan fingerprint density at radius 1 is 0.439 bits per heavy atom. The fraction of sp³-hybridized carbons (Fsp3) is 0.143. The Kier molecular flexibility index (Phi) is 7.61. The fourth-order valence-corrected chi connectivity index (χ4v) is 3.15. The summed E-state index contributed by atoms with van der Waals surface area (Å²) in [4.78, 5) is 0. The predicted molar refractivity (Wildman–Crippen MR) is 103 cm³/mol. The van der Waals surface area contributed by atoms with Crippen molar-refractivity contribution < 1.29 is 79.7 Å². The molecule has 0 spiro atoms. The van der Waals surface area contributed by atoms with Crippen molar-refractivity contribution in [2.75, 3.05) is 11.5 Å². The van der Waals surface area contributed by atoms with E-state index in [4.69, 9.17) is 11.5 Å². The molecule has 3 aromatic carbocycles. The van der Waals surface area contributed by atoms with Gasteiger partial charge < -0.3 is 20.9 Å². The average Bonchev–Trinajstić information content (AvgIpc) is 2.81. The molecule has 0 aromatic heterocycles. The number of anilines is 2. The normalized spacial score (nSPS) is 12.6. The van der Waals surface area contributed by atoms with Crippen LogP contribution >= 0.6 is 0 Å². The number of alkyl halides is 9. The second-order valence-electron chi connectivity index (χ2n) is 7.57. The molecule has 0 saturated heterocycles. The highest BCUT2D eigenvalue weighted by Crippen LogP contribution is 2.48. The SMILES string of the molecule is Nc1c(F)c(Oc2ccc(C(F)(F)F)c(Oc3c(F)c(N)c(F)c(C(F)(F)F)c3F)c2F)c(F)c(C(F)(F)F)c1F. The first kappa shape index (κ1) is 31.3. The maximum Gasteiger partial charge on any atom is 0.422 e. The summed E-state index contributed by atoms with van der Waals surface area (Å²) in [6, 6.07) is -0.474. The highest BCUT2D eigenvalue weighted by atomic mass is 19.4. The third-order valence-corrected chi connectivity index (χ3v) is 4.97. The maximum atomic E-state index is 15.1. The minimum atomic E-state index is -6.02. The van der Waals surface area contributed by atoms with E-state index in [0.717, 1.165) is 0 Å². The van der Waals surface area contributed by atoms with Gasteiger partial charge in [0, 0.05) is 0 Å². The summed E-state index contributed by atoms with van der Waals surface area (Å²) in [5, 5.41) is 0. The van der Waals surface area contributed by atoms with Crippen LogP contribution in [0, 0.1) is 40.7 Å². The molecule has 3 aromatic rings. The largest absolute Gasteiger partial charge is 0.448 e. The molecule has 0 unspecified atom stereocenters. The van der Waals surface area contributed by atoms with Crippen LogP contribution in [0.3, 0.4) is 0 Å². The minimum Gasteiger partial charge on any atom is -0.448 e. The van der Waals surface area contributed by atoms with E-state index >= 15 is 4.39 Å². The maximum absolute atomic E-state index is 15.1. The number of nitrogens with two attached hydrogens (primary N) is 2. The molecule has 0 bridgehead atoms. The van der Waals surface area contributed by atoms with Crippen molar-refractivity contribution in [3.05, 3.63) is 69.5 Å². The Bertz CT molecular complexity index is 1540. The third-order valence-electron chi connectivity index (χ3n) is 4.97. The molecule has 3 rings (SSSR count). The van der Waals surface area contributed by atoms with E-state index in [-0.39, 0.29) is 12.1 Å². The van der Waals surface area contributed by atoms with Crippen molar-refractivity contribution in [3.8, 4) is 23.0 Å². The van der Waals surface area contributed by atoms with Crippen LogP contribution < -0.4 is 20.9 Å². The summed E-state index contributed by atoms with van der Waals surface area (Å²) in [7, 11) is 0. The molecule has 4 N–H and O–H groups in total. The molecule has 0 aliphatic carbocycles. The smallest absolute Gasteiger partial charge is 0.422 e. The van der Waals surface area contributed by atoms with Crippen molar-refractivity contribution in [2.45, 2.75) is 18.5 Å². The molecule has 0 aliphatic rings. The van der Waals surface area contributed by atoms with Gasteiger partial charge in [-0.3, -0.25) is 0 Å². The highest BCUT2D eigenvalue weighted by molar-refractivity contribution is 5.57. The van der Waals surface area contributed by atoms with Crippen LogP contribution in [0.5, 0.6) is 23.0 Å². The molecule has 4 nitrogen and oxygen atoms in total. The third kappa shape index (κ3) is 5.41. The Balaban J connectivity index is 2.31. The predicted octanol–water partition coefficient (Wildman–Crippen LogP) is 8.47.